The zero-order chi connectivity index (χ0) is 25.4. The predicted octanol–water partition coefficient (Wildman–Crippen LogP) is 6.08. The van der Waals surface area contributed by atoms with Gasteiger partial charge in [-0.05, 0) is 57.7 Å². The van der Waals surface area contributed by atoms with Crippen molar-refractivity contribution in [2.75, 3.05) is 13.7 Å². The maximum atomic E-state index is 13.5. The van der Waals surface area contributed by atoms with Crippen LogP contribution < -0.4 is 10.1 Å². The predicted molar refractivity (Wildman–Crippen MR) is 144 cm³/mol. The smallest absolute Gasteiger partial charge is 0.261 e. The third kappa shape index (κ3) is 7.23. The minimum Gasteiger partial charge on any atom is -0.483 e. The molecule has 0 fully saturated rings. The Bertz CT molecular complexity index is 1150. The normalized spacial score (nSPS) is 11.6. The van der Waals surface area contributed by atoms with Crippen LogP contribution in [0.15, 0.2) is 71.2 Å². The molecule has 0 radical (unpaired) electrons. The molecule has 1 N–H and O–H groups in total. The van der Waals surface area contributed by atoms with Gasteiger partial charge in [0.05, 0.1) is 4.47 Å². The van der Waals surface area contributed by atoms with Crippen LogP contribution in [0.4, 0.5) is 0 Å². The second-order valence-electron chi connectivity index (χ2n) is 7.95. The van der Waals surface area contributed by atoms with Gasteiger partial charge in [-0.15, -0.1) is 0 Å². The molecule has 1 atom stereocenters. The van der Waals surface area contributed by atoms with Crippen molar-refractivity contribution in [2.45, 2.75) is 32.4 Å². The van der Waals surface area contributed by atoms with Gasteiger partial charge in [-0.25, -0.2) is 0 Å². The van der Waals surface area contributed by atoms with Crippen LogP contribution in [0.5, 0.6) is 5.75 Å². The number of halogens is 3. The Morgan fingerprint density at radius 1 is 1.00 bits per heavy atom. The molecule has 0 aliphatic rings. The summed E-state index contributed by atoms with van der Waals surface area (Å²) in [6.45, 7) is 1.87. The summed E-state index contributed by atoms with van der Waals surface area (Å²) in [6, 6.07) is 19.6. The molecule has 8 heteroatoms. The zero-order valence-electron chi connectivity index (χ0n) is 19.6. The summed E-state index contributed by atoms with van der Waals surface area (Å²) in [5.41, 5.74) is 2.63. The lowest BCUT2D eigenvalue weighted by molar-refractivity contribution is -0.142. The maximum Gasteiger partial charge on any atom is 0.261 e. The molecular formula is C27H27BrCl2N2O3. The van der Waals surface area contributed by atoms with Crippen molar-refractivity contribution in [3.63, 3.8) is 0 Å². The molecule has 0 spiro atoms. The van der Waals surface area contributed by atoms with E-state index >= 15 is 0 Å². The molecule has 0 heterocycles. The van der Waals surface area contributed by atoms with Gasteiger partial charge in [0.25, 0.3) is 5.91 Å². The highest BCUT2D eigenvalue weighted by Gasteiger charge is 2.31. The number of hydrogen-bond acceptors (Lipinski definition) is 3. The van der Waals surface area contributed by atoms with Gasteiger partial charge in [0.15, 0.2) is 6.61 Å². The SMILES string of the molecule is CCc1ccc(OCC(=O)N(Cc2c(Cl)cccc2Cl)[C@H](Cc2ccccc2)C(=O)NC)c(Br)c1. The number of benzene rings is 3. The maximum absolute atomic E-state index is 13.5. The fourth-order valence-corrected chi connectivity index (χ4v) is 4.74. The average molecular weight is 578 g/mol. The van der Waals surface area contributed by atoms with Crippen LogP contribution >= 0.6 is 39.1 Å². The number of ether oxygens (including phenoxy) is 1. The Kier molecular flexibility index (Phi) is 10.0. The molecule has 0 bridgehead atoms. The van der Waals surface area contributed by atoms with Crippen LogP contribution in [-0.2, 0) is 29.0 Å². The standard InChI is InChI=1S/C27H27BrCl2N2O3/c1-3-18-12-13-25(21(28)14-18)35-17-26(33)32(16-20-22(29)10-7-11-23(20)30)24(27(34)31-2)15-19-8-5-4-6-9-19/h4-14,24H,3,15-17H2,1-2H3,(H,31,34)/t24-/m1/s1. The minimum absolute atomic E-state index is 0.0571. The van der Waals surface area contributed by atoms with E-state index in [2.05, 4.69) is 28.2 Å². The molecule has 5 nitrogen and oxygen atoms in total. The van der Waals surface area contributed by atoms with E-state index < -0.39 is 6.04 Å². The lowest BCUT2D eigenvalue weighted by Crippen LogP contribution is -2.51. The Balaban J connectivity index is 1.92. The van der Waals surface area contributed by atoms with E-state index in [4.69, 9.17) is 27.9 Å². The summed E-state index contributed by atoms with van der Waals surface area (Å²) in [6.07, 6.45) is 1.21. The number of likely N-dealkylation sites (N-methyl/N-ethyl adjacent to an activating group) is 1. The van der Waals surface area contributed by atoms with Crippen LogP contribution in [-0.4, -0.2) is 36.4 Å². The third-order valence-corrected chi connectivity index (χ3v) is 6.99. The zero-order valence-corrected chi connectivity index (χ0v) is 22.7. The van der Waals surface area contributed by atoms with Gasteiger partial charge in [-0.1, -0.05) is 72.6 Å². The molecule has 0 saturated heterocycles. The fourth-order valence-electron chi connectivity index (χ4n) is 3.68. The lowest BCUT2D eigenvalue weighted by atomic mass is 10.0. The van der Waals surface area contributed by atoms with Crippen molar-refractivity contribution in [3.05, 3.63) is 97.9 Å². The molecule has 3 aromatic carbocycles. The van der Waals surface area contributed by atoms with Gasteiger partial charge < -0.3 is 15.0 Å². The number of rotatable bonds is 10. The van der Waals surface area contributed by atoms with E-state index in [0.29, 0.717) is 27.8 Å². The summed E-state index contributed by atoms with van der Waals surface area (Å²) in [4.78, 5) is 28.0. The van der Waals surface area contributed by atoms with Crippen molar-refractivity contribution in [1.82, 2.24) is 10.2 Å². The van der Waals surface area contributed by atoms with Gasteiger partial charge in [0.1, 0.15) is 11.8 Å². The second kappa shape index (κ2) is 13.0. The number of aryl methyl sites for hydroxylation is 1. The molecule has 0 aliphatic heterocycles. The first kappa shape index (κ1) is 27.1. The Hall–Kier alpha value is -2.54. The van der Waals surface area contributed by atoms with Crippen LogP contribution in [0.2, 0.25) is 10.0 Å². The highest BCUT2D eigenvalue weighted by molar-refractivity contribution is 9.10. The molecule has 0 saturated carbocycles. The van der Waals surface area contributed by atoms with Crippen molar-refractivity contribution in [1.29, 1.82) is 0 Å². The highest BCUT2D eigenvalue weighted by atomic mass is 79.9. The minimum atomic E-state index is -0.795. The number of hydrogen-bond donors (Lipinski definition) is 1. The third-order valence-electron chi connectivity index (χ3n) is 5.66. The number of carbonyl (C=O) groups is 2. The van der Waals surface area contributed by atoms with Crippen molar-refractivity contribution in [2.24, 2.45) is 0 Å². The van der Waals surface area contributed by atoms with Gasteiger partial charge in [-0.3, -0.25) is 9.59 Å². The largest absolute Gasteiger partial charge is 0.483 e. The molecule has 35 heavy (non-hydrogen) atoms. The van der Waals surface area contributed by atoms with Crippen molar-refractivity contribution < 1.29 is 14.3 Å². The van der Waals surface area contributed by atoms with Gasteiger partial charge in [0.2, 0.25) is 5.91 Å². The van der Waals surface area contributed by atoms with E-state index in [0.717, 1.165) is 22.0 Å². The molecule has 184 valence electrons. The monoisotopic (exact) mass is 576 g/mol. The summed E-state index contributed by atoms with van der Waals surface area (Å²) >= 11 is 16.3. The number of nitrogens with zero attached hydrogens (tertiary/aromatic N) is 1. The molecule has 0 aliphatic carbocycles. The van der Waals surface area contributed by atoms with E-state index in [9.17, 15) is 9.59 Å². The van der Waals surface area contributed by atoms with Crippen molar-refractivity contribution in [3.8, 4) is 5.75 Å². The topological polar surface area (TPSA) is 58.6 Å². The summed E-state index contributed by atoms with van der Waals surface area (Å²) in [7, 11) is 1.55. The van der Waals surface area contributed by atoms with Crippen LogP contribution in [0.25, 0.3) is 0 Å². The van der Waals surface area contributed by atoms with Crippen LogP contribution in [0.1, 0.15) is 23.6 Å². The van der Waals surface area contributed by atoms with Gasteiger partial charge in [-0.2, -0.15) is 0 Å². The number of amides is 2. The van der Waals surface area contributed by atoms with E-state index in [1.807, 2.05) is 48.5 Å². The molecule has 2 amide bonds. The molecule has 3 rings (SSSR count). The highest BCUT2D eigenvalue weighted by Crippen LogP contribution is 2.29. The summed E-state index contributed by atoms with van der Waals surface area (Å²) in [5.74, 6) is -0.110. The van der Waals surface area contributed by atoms with E-state index in [1.165, 1.54) is 4.90 Å². The molecule has 0 unspecified atom stereocenters. The number of carbonyl (C=O) groups excluding carboxylic acids is 2. The first-order valence-electron chi connectivity index (χ1n) is 11.2. The van der Waals surface area contributed by atoms with E-state index in [-0.39, 0.29) is 25.0 Å². The quantitative estimate of drug-likeness (QED) is 0.317. The summed E-state index contributed by atoms with van der Waals surface area (Å²) < 4.78 is 6.62. The van der Waals surface area contributed by atoms with Crippen molar-refractivity contribution >= 4 is 50.9 Å². The molecular weight excluding hydrogens is 551 g/mol. The van der Waals surface area contributed by atoms with E-state index in [1.54, 1.807) is 25.2 Å². The fraction of sp³-hybridized carbons (Fsp3) is 0.259. The first-order chi connectivity index (χ1) is 16.8. The average Bonchev–Trinajstić information content (AvgIpc) is 2.86. The Labute approximate surface area is 224 Å². The summed E-state index contributed by atoms with van der Waals surface area (Å²) in [5, 5.41) is 3.53. The van der Waals surface area contributed by atoms with Gasteiger partial charge in [0, 0.05) is 35.6 Å². The lowest BCUT2D eigenvalue weighted by Gasteiger charge is -2.31. The molecule has 3 aromatic rings. The van der Waals surface area contributed by atoms with Crippen LogP contribution in [0.3, 0.4) is 0 Å². The van der Waals surface area contributed by atoms with Gasteiger partial charge >= 0.3 is 0 Å². The molecule has 0 aromatic heterocycles. The Morgan fingerprint density at radius 3 is 2.29 bits per heavy atom. The first-order valence-corrected chi connectivity index (χ1v) is 12.8. The number of nitrogens with one attached hydrogen (secondary N) is 1. The Morgan fingerprint density at radius 2 is 1.69 bits per heavy atom. The second-order valence-corrected chi connectivity index (χ2v) is 9.62. The van der Waals surface area contributed by atoms with Crippen LogP contribution in [0, 0.1) is 0 Å².